The molecule has 1 saturated carbocycles. The van der Waals surface area contributed by atoms with Crippen molar-refractivity contribution in [3.05, 3.63) is 23.8 Å². The summed E-state index contributed by atoms with van der Waals surface area (Å²) in [5, 5.41) is 2.63. The number of carbonyl (C=O) groups is 3. The zero-order valence-corrected chi connectivity index (χ0v) is 11.5. The van der Waals surface area contributed by atoms with Gasteiger partial charge in [0.2, 0.25) is 0 Å². The van der Waals surface area contributed by atoms with E-state index in [0.29, 0.717) is 22.9 Å². The second kappa shape index (κ2) is 5.20. The molecule has 2 aliphatic rings. The molecule has 0 radical (unpaired) electrons. The fourth-order valence-electron chi connectivity index (χ4n) is 2.23. The van der Waals surface area contributed by atoms with Crippen molar-refractivity contribution in [2.24, 2.45) is 11.8 Å². The molecule has 1 aromatic rings. The fourth-order valence-corrected chi connectivity index (χ4v) is 2.23. The van der Waals surface area contributed by atoms with Crippen LogP contribution in [-0.2, 0) is 14.3 Å². The Balaban J connectivity index is 1.63. The van der Waals surface area contributed by atoms with Gasteiger partial charge in [-0.05, 0) is 30.5 Å². The Kier molecular flexibility index (Phi) is 3.37. The van der Waals surface area contributed by atoms with Crippen LogP contribution in [0.3, 0.4) is 0 Å². The lowest BCUT2D eigenvalue weighted by Gasteiger charge is -2.18. The van der Waals surface area contributed by atoms with Crippen LogP contribution < -0.4 is 10.1 Å². The van der Waals surface area contributed by atoms with Crippen LogP contribution in [-0.4, -0.2) is 30.9 Å². The summed E-state index contributed by atoms with van der Waals surface area (Å²) in [5.74, 6) is -0.0707. The quantitative estimate of drug-likeness (QED) is 0.669. The molecule has 1 fully saturated rings. The Morgan fingerprint density at radius 1 is 1.43 bits per heavy atom. The Labute approximate surface area is 121 Å². The van der Waals surface area contributed by atoms with Crippen LogP contribution in [0, 0.1) is 11.8 Å². The highest BCUT2D eigenvalue weighted by molar-refractivity contribution is 6.01. The summed E-state index contributed by atoms with van der Waals surface area (Å²) >= 11 is 0. The molecule has 0 unspecified atom stereocenters. The Bertz CT molecular complexity index is 624. The summed E-state index contributed by atoms with van der Waals surface area (Å²) in [5.41, 5.74) is 0.829. The average Bonchev–Trinajstić information content (AvgIpc) is 3.20. The van der Waals surface area contributed by atoms with Crippen LogP contribution >= 0.6 is 0 Å². The van der Waals surface area contributed by atoms with E-state index in [1.165, 1.54) is 6.07 Å². The second-order valence-electron chi connectivity index (χ2n) is 5.40. The molecule has 1 aliphatic carbocycles. The van der Waals surface area contributed by atoms with Gasteiger partial charge in [0.15, 0.2) is 19.0 Å². The minimum atomic E-state index is -0.314. The third-order valence-corrected chi connectivity index (χ3v) is 3.69. The molecular weight excluding hydrogens is 274 g/mol. The maximum atomic E-state index is 12.0. The lowest BCUT2D eigenvalue weighted by Crippen LogP contribution is -2.25. The van der Waals surface area contributed by atoms with Crippen molar-refractivity contribution < 1.29 is 23.9 Å². The van der Waals surface area contributed by atoms with Crippen molar-refractivity contribution in [1.82, 2.24) is 0 Å². The van der Waals surface area contributed by atoms with Crippen LogP contribution in [0.2, 0.25) is 0 Å². The number of nitrogens with one attached hydrogen (secondary N) is 1. The summed E-state index contributed by atoms with van der Waals surface area (Å²) in [4.78, 5) is 34.8. The topological polar surface area (TPSA) is 81.7 Å². The third-order valence-electron chi connectivity index (χ3n) is 3.69. The van der Waals surface area contributed by atoms with Crippen molar-refractivity contribution in [3.8, 4) is 5.75 Å². The molecule has 1 heterocycles. The second-order valence-corrected chi connectivity index (χ2v) is 5.40. The standard InChI is InChI=1S/C15H15NO5/c1-8-4-10(8)15(19)21-6-12(17)9-2-3-13-11(5-9)16-14(18)7-20-13/h2-3,5,8,10H,4,6-7H2,1H3,(H,16,18)/t8-,10+/m1/s1. The van der Waals surface area contributed by atoms with Gasteiger partial charge in [-0.3, -0.25) is 14.4 Å². The van der Waals surface area contributed by atoms with Crippen molar-refractivity contribution in [3.63, 3.8) is 0 Å². The van der Waals surface area contributed by atoms with E-state index in [0.717, 1.165) is 6.42 Å². The first-order chi connectivity index (χ1) is 10.0. The molecule has 0 spiro atoms. The largest absolute Gasteiger partial charge is 0.482 e. The van der Waals surface area contributed by atoms with Crippen molar-refractivity contribution in [2.75, 3.05) is 18.5 Å². The predicted molar refractivity (Wildman–Crippen MR) is 73.1 cm³/mol. The number of esters is 1. The molecule has 0 bridgehead atoms. The number of hydrogen-bond acceptors (Lipinski definition) is 5. The molecule has 1 aliphatic heterocycles. The summed E-state index contributed by atoms with van der Waals surface area (Å²) < 4.78 is 10.2. The number of carbonyl (C=O) groups excluding carboxylic acids is 3. The molecule has 0 aromatic heterocycles. The van der Waals surface area contributed by atoms with E-state index in [-0.39, 0.29) is 36.8 Å². The van der Waals surface area contributed by atoms with Crippen molar-refractivity contribution >= 4 is 23.3 Å². The molecule has 0 saturated heterocycles. The van der Waals surface area contributed by atoms with Crippen LogP contribution in [0.1, 0.15) is 23.7 Å². The minimum absolute atomic E-state index is 0.0303. The van der Waals surface area contributed by atoms with E-state index in [1.807, 2.05) is 6.92 Å². The summed E-state index contributed by atoms with van der Waals surface area (Å²) in [6, 6.07) is 4.74. The van der Waals surface area contributed by atoms with Crippen LogP contribution in [0.5, 0.6) is 5.75 Å². The van der Waals surface area contributed by atoms with Crippen LogP contribution in [0.15, 0.2) is 18.2 Å². The number of ether oxygens (including phenoxy) is 2. The first-order valence-electron chi connectivity index (χ1n) is 6.81. The summed E-state index contributed by atoms with van der Waals surface area (Å²) in [7, 11) is 0. The van der Waals surface area contributed by atoms with E-state index >= 15 is 0 Å². The van der Waals surface area contributed by atoms with E-state index in [4.69, 9.17) is 9.47 Å². The van der Waals surface area contributed by atoms with Gasteiger partial charge < -0.3 is 14.8 Å². The van der Waals surface area contributed by atoms with Gasteiger partial charge >= 0.3 is 5.97 Å². The van der Waals surface area contributed by atoms with Gasteiger partial charge in [-0.25, -0.2) is 0 Å². The molecule has 3 rings (SSSR count). The van der Waals surface area contributed by atoms with Crippen molar-refractivity contribution in [2.45, 2.75) is 13.3 Å². The molecule has 1 N–H and O–H groups in total. The van der Waals surface area contributed by atoms with E-state index in [2.05, 4.69) is 5.32 Å². The summed E-state index contributed by atoms with van der Waals surface area (Å²) in [6.07, 6.45) is 0.829. The summed E-state index contributed by atoms with van der Waals surface area (Å²) in [6.45, 7) is 1.66. The predicted octanol–water partition coefficient (Wildman–Crippen LogP) is 1.40. The number of ketones is 1. The van der Waals surface area contributed by atoms with Gasteiger partial charge in [-0.15, -0.1) is 0 Å². The van der Waals surface area contributed by atoms with Crippen LogP contribution in [0.25, 0.3) is 0 Å². The molecule has 1 aromatic carbocycles. The Morgan fingerprint density at radius 2 is 2.19 bits per heavy atom. The zero-order chi connectivity index (χ0) is 15.0. The Morgan fingerprint density at radius 3 is 2.90 bits per heavy atom. The molecule has 2 atom stereocenters. The van der Waals surface area contributed by atoms with Gasteiger partial charge in [-0.2, -0.15) is 0 Å². The number of Topliss-reactive ketones (excluding diaryl/α,β-unsaturated/α-hetero) is 1. The highest BCUT2D eigenvalue weighted by Gasteiger charge is 2.40. The maximum absolute atomic E-state index is 12.0. The number of hydrogen-bond donors (Lipinski definition) is 1. The van der Waals surface area contributed by atoms with Gasteiger partial charge in [0.25, 0.3) is 5.91 Å². The lowest BCUT2D eigenvalue weighted by molar-refractivity contribution is -0.144. The molecule has 21 heavy (non-hydrogen) atoms. The third kappa shape index (κ3) is 2.89. The smallest absolute Gasteiger partial charge is 0.309 e. The molecular formula is C15H15NO5. The first-order valence-corrected chi connectivity index (χ1v) is 6.81. The maximum Gasteiger partial charge on any atom is 0.309 e. The molecule has 6 nitrogen and oxygen atoms in total. The fraction of sp³-hybridized carbons (Fsp3) is 0.400. The zero-order valence-electron chi connectivity index (χ0n) is 11.5. The normalized spacial score (nSPS) is 22.6. The molecule has 110 valence electrons. The lowest BCUT2D eigenvalue weighted by atomic mass is 10.1. The number of benzene rings is 1. The number of amides is 1. The van der Waals surface area contributed by atoms with Gasteiger partial charge in [0, 0.05) is 5.56 Å². The van der Waals surface area contributed by atoms with E-state index in [1.54, 1.807) is 12.1 Å². The van der Waals surface area contributed by atoms with Crippen molar-refractivity contribution in [1.29, 1.82) is 0 Å². The highest BCUT2D eigenvalue weighted by atomic mass is 16.5. The van der Waals surface area contributed by atoms with Gasteiger partial charge in [0.1, 0.15) is 5.75 Å². The minimum Gasteiger partial charge on any atom is -0.482 e. The number of fused-ring (bicyclic) bond motifs is 1. The number of rotatable bonds is 4. The average molecular weight is 289 g/mol. The SMILES string of the molecule is C[C@@H]1C[C@@H]1C(=O)OCC(=O)c1ccc2c(c1)NC(=O)CO2. The van der Waals surface area contributed by atoms with Gasteiger partial charge in [0.05, 0.1) is 11.6 Å². The van der Waals surface area contributed by atoms with E-state index in [9.17, 15) is 14.4 Å². The monoisotopic (exact) mass is 289 g/mol. The first kappa shape index (κ1) is 13.6. The van der Waals surface area contributed by atoms with E-state index < -0.39 is 0 Å². The van der Waals surface area contributed by atoms with Gasteiger partial charge in [-0.1, -0.05) is 6.92 Å². The molecule has 1 amide bonds. The molecule has 6 heteroatoms. The van der Waals surface area contributed by atoms with Crippen LogP contribution in [0.4, 0.5) is 5.69 Å². The highest BCUT2D eigenvalue weighted by Crippen LogP contribution is 2.38. The number of anilines is 1. The Hall–Kier alpha value is -2.37.